The molecule has 2 aromatic rings. The summed E-state index contributed by atoms with van der Waals surface area (Å²) in [4.78, 5) is 8.35. The van der Waals surface area contributed by atoms with Crippen LogP contribution >= 0.6 is 23.2 Å². The zero-order valence-corrected chi connectivity index (χ0v) is 10.5. The van der Waals surface area contributed by atoms with Crippen molar-refractivity contribution in [2.75, 3.05) is 0 Å². The van der Waals surface area contributed by atoms with Crippen molar-refractivity contribution in [1.82, 2.24) is 9.97 Å². The molecule has 0 fully saturated rings. The first kappa shape index (κ1) is 11.4. The van der Waals surface area contributed by atoms with Crippen LogP contribution in [0.3, 0.4) is 0 Å². The molecule has 1 heterocycles. The molecule has 0 amide bonds. The quantitative estimate of drug-likeness (QED) is 0.716. The maximum absolute atomic E-state index is 5.86. The van der Waals surface area contributed by atoms with E-state index >= 15 is 0 Å². The lowest BCUT2D eigenvalue weighted by Crippen LogP contribution is -1.93. The van der Waals surface area contributed by atoms with Crippen LogP contribution in [0, 0.1) is 13.8 Å². The van der Waals surface area contributed by atoms with Crippen LogP contribution in [0.2, 0.25) is 10.3 Å². The van der Waals surface area contributed by atoms with Crippen molar-refractivity contribution in [3.05, 3.63) is 45.7 Å². The highest BCUT2D eigenvalue weighted by atomic mass is 35.5. The third kappa shape index (κ3) is 2.34. The van der Waals surface area contributed by atoms with Crippen LogP contribution in [0.15, 0.2) is 24.3 Å². The summed E-state index contributed by atoms with van der Waals surface area (Å²) in [6.07, 6.45) is 0. The Bertz CT molecular complexity index is 518. The van der Waals surface area contributed by atoms with E-state index in [0.29, 0.717) is 16.1 Å². The number of aryl methyl sites for hydroxylation is 2. The maximum Gasteiger partial charge on any atom is 0.162 e. The van der Waals surface area contributed by atoms with Crippen molar-refractivity contribution in [3.63, 3.8) is 0 Å². The Morgan fingerprint density at radius 1 is 0.938 bits per heavy atom. The van der Waals surface area contributed by atoms with E-state index in [1.165, 1.54) is 6.07 Å². The summed E-state index contributed by atoms with van der Waals surface area (Å²) in [6, 6.07) is 7.63. The fourth-order valence-electron chi connectivity index (χ4n) is 1.49. The molecule has 1 aromatic carbocycles. The van der Waals surface area contributed by atoms with Crippen molar-refractivity contribution in [3.8, 4) is 11.4 Å². The molecule has 2 nitrogen and oxygen atoms in total. The zero-order chi connectivity index (χ0) is 11.7. The van der Waals surface area contributed by atoms with Gasteiger partial charge in [0.05, 0.1) is 0 Å². The van der Waals surface area contributed by atoms with E-state index in [1.807, 2.05) is 32.0 Å². The van der Waals surface area contributed by atoms with Crippen LogP contribution in [-0.4, -0.2) is 9.97 Å². The molecule has 0 aliphatic rings. The number of halogens is 2. The number of hydrogen-bond donors (Lipinski definition) is 0. The molecule has 1 aromatic heterocycles. The Hall–Kier alpha value is -1.12. The molecule has 0 aliphatic heterocycles. The molecule has 16 heavy (non-hydrogen) atoms. The van der Waals surface area contributed by atoms with Crippen molar-refractivity contribution >= 4 is 23.2 Å². The molecule has 0 saturated heterocycles. The number of benzene rings is 1. The monoisotopic (exact) mass is 252 g/mol. The molecular formula is C12H10Cl2N2. The minimum absolute atomic E-state index is 0.357. The van der Waals surface area contributed by atoms with Crippen molar-refractivity contribution in [2.24, 2.45) is 0 Å². The normalized spacial score (nSPS) is 10.5. The number of nitrogens with zero attached hydrogens (tertiary/aromatic N) is 2. The molecule has 0 radical (unpaired) electrons. The van der Waals surface area contributed by atoms with Crippen molar-refractivity contribution < 1.29 is 0 Å². The van der Waals surface area contributed by atoms with E-state index in [0.717, 1.165) is 16.7 Å². The summed E-state index contributed by atoms with van der Waals surface area (Å²) in [5, 5.41) is 0.715. The smallest absolute Gasteiger partial charge is 0.162 e. The van der Waals surface area contributed by atoms with Gasteiger partial charge in [0.25, 0.3) is 0 Å². The highest BCUT2D eigenvalue weighted by Crippen LogP contribution is 2.24. The highest BCUT2D eigenvalue weighted by Gasteiger charge is 2.07. The third-order valence-corrected chi connectivity index (χ3v) is 2.68. The van der Waals surface area contributed by atoms with Crippen molar-refractivity contribution in [2.45, 2.75) is 13.8 Å². The summed E-state index contributed by atoms with van der Waals surface area (Å²) in [5.74, 6) is 0.568. The molecule has 0 unspecified atom stereocenters. The molecule has 2 rings (SSSR count). The molecule has 0 atom stereocenters. The first-order chi connectivity index (χ1) is 7.56. The van der Waals surface area contributed by atoms with Crippen LogP contribution in [0.25, 0.3) is 11.4 Å². The van der Waals surface area contributed by atoms with Gasteiger partial charge in [-0.15, -0.1) is 0 Å². The Morgan fingerprint density at radius 3 is 2.19 bits per heavy atom. The van der Waals surface area contributed by atoms with Crippen LogP contribution in [0.4, 0.5) is 0 Å². The first-order valence-electron chi connectivity index (χ1n) is 4.84. The molecule has 4 heteroatoms. The molecule has 0 saturated carbocycles. The van der Waals surface area contributed by atoms with Crippen LogP contribution in [0.1, 0.15) is 11.1 Å². The molecule has 0 bridgehead atoms. The lowest BCUT2D eigenvalue weighted by Gasteiger charge is -2.06. The lowest BCUT2D eigenvalue weighted by molar-refractivity contribution is 1.16. The average molecular weight is 253 g/mol. The van der Waals surface area contributed by atoms with Gasteiger partial charge in [-0.1, -0.05) is 40.9 Å². The molecular weight excluding hydrogens is 243 g/mol. The zero-order valence-electron chi connectivity index (χ0n) is 8.96. The van der Waals surface area contributed by atoms with Gasteiger partial charge in [0.1, 0.15) is 10.3 Å². The van der Waals surface area contributed by atoms with Gasteiger partial charge >= 0.3 is 0 Å². The second-order valence-electron chi connectivity index (χ2n) is 3.66. The van der Waals surface area contributed by atoms with Gasteiger partial charge in [-0.2, -0.15) is 0 Å². The van der Waals surface area contributed by atoms with Gasteiger partial charge in [-0.05, 0) is 25.5 Å². The number of hydrogen-bond acceptors (Lipinski definition) is 2. The Morgan fingerprint density at radius 2 is 1.56 bits per heavy atom. The third-order valence-electron chi connectivity index (χ3n) is 2.30. The van der Waals surface area contributed by atoms with Gasteiger partial charge in [0.2, 0.25) is 0 Å². The van der Waals surface area contributed by atoms with E-state index in [9.17, 15) is 0 Å². The maximum atomic E-state index is 5.86. The first-order valence-corrected chi connectivity index (χ1v) is 5.59. The summed E-state index contributed by atoms with van der Waals surface area (Å²) < 4.78 is 0. The minimum Gasteiger partial charge on any atom is -0.216 e. The second-order valence-corrected chi connectivity index (χ2v) is 4.43. The average Bonchev–Trinajstić information content (AvgIpc) is 2.20. The van der Waals surface area contributed by atoms with E-state index in [1.54, 1.807) is 0 Å². The molecule has 0 N–H and O–H groups in total. The highest BCUT2D eigenvalue weighted by molar-refractivity contribution is 6.33. The predicted octanol–water partition coefficient (Wildman–Crippen LogP) is 4.07. The van der Waals surface area contributed by atoms with E-state index in [4.69, 9.17) is 23.2 Å². The van der Waals surface area contributed by atoms with Gasteiger partial charge in [0, 0.05) is 11.6 Å². The second kappa shape index (κ2) is 4.40. The predicted molar refractivity (Wildman–Crippen MR) is 67.0 cm³/mol. The van der Waals surface area contributed by atoms with Crippen LogP contribution in [0.5, 0.6) is 0 Å². The topological polar surface area (TPSA) is 25.8 Å². The van der Waals surface area contributed by atoms with Crippen LogP contribution in [-0.2, 0) is 0 Å². The Balaban J connectivity index is 2.62. The van der Waals surface area contributed by atoms with Gasteiger partial charge in [-0.25, -0.2) is 9.97 Å². The minimum atomic E-state index is 0.357. The summed E-state index contributed by atoms with van der Waals surface area (Å²) >= 11 is 11.7. The lowest BCUT2D eigenvalue weighted by atomic mass is 10.1. The van der Waals surface area contributed by atoms with Crippen molar-refractivity contribution in [1.29, 1.82) is 0 Å². The molecule has 0 aliphatic carbocycles. The Kier molecular flexibility index (Phi) is 3.13. The molecule has 82 valence electrons. The van der Waals surface area contributed by atoms with E-state index in [2.05, 4.69) is 9.97 Å². The Labute approximate surface area is 104 Å². The largest absolute Gasteiger partial charge is 0.216 e. The fraction of sp³-hybridized carbons (Fsp3) is 0.167. The van der Waals surface area contributed by atoms with Gasteiger partial charge in [-0.3, -0.25) is 0 Å². The summed E-state index contributed by atoms with van der Waals surface area (Å²) in [7, 11) is 0. The number of rotatable bonds is 1. The SMILES string of the molecule is Cc1ccc(C)c(-c2nc(Cl)cc(Cl)n2)c1. The number of aromatic nitrogens is 2. The standard InChI is InChI=1S/C12H10Cl2N2/c1-7-3-4-8(2)9(5-7)12-15-10(13)6-11(14)16-12/h3-6H,1-2H3. The van der Waals surface area contributed by atoms with E-state index < -0.39 is 0 Å². The summed E-state index contributed by atoms with van der Waals surface area (Å²) in [5.41, 5.74) is 3.22. The fourth-order valence-corrected chi connectivity index (χ4v) is 1.91. The van der Waals surface area contributed by atoms with Gasteiger partial charge < -0.3 is 0 Å². The molecule has 0 spiro atoms. The van der Waals surface area contributed by atoms with Gasteiger partial charge in [0.15, 0.2) is 5.82 Å². The summed E-state index contributed by atoms with van der Waals surface area (Å²) in [6.45, 7) is 4.03. The van der Waals surface area contributed by atoms with Crippen LogP contribution < -0.4 is 0 Å². The van der Waals surface area contributed by atoms with E-state index in [-0.39, 0.29) is 0 Å².